The fourth-order valence-electron chi connectivity index (χ4n) is 4.65. The normalized spacial score (nSPS) is 10.3. The molecular formula is C39H34Br2N2O6. The van der Waals surface area contributed by atoms with Crippen molar-refractivity contribution in [3.63, 3.8) is 0 Å². The third kappa shape index (κ3) is 9.10. The summed E-state index contributed by atoms with van der Waals surface area (Å²) in [6.07, 6.45) is 3.35. The molecule has 6 aromatic rings. The Balaban J connectivity index is 0.000000216. The van der Waals surface area contributed by atoms with Gasteiger partial charge in [0.05, 0.1) is 17.5 Å². The van der Waals surface area contributed by atoms with Crippen LogP contribution in [-0.4, -0.2) is 38.3 Å². The van der Waals surface area contributed by atoms with Gasteiger partial charge in [-0.3, -0.25) is 19.5 Å². The average Bonchev–Trinajstić information content (AvgIpc) is 3.81. The molecular weight excluding hydrogens is 752 g/mol. The van der Waals surface area contributed by atoms with Crippen LogP contribution in [0.5, 0.6) is 11.5 Å². The zero-order valence-corrected chi connectivity index (χ0v) is 30.4. The number of carbonyl (C=O) groups is 3. The van der Waals surface area contributed by atoms with E-state index in [4.69, 9.17) is 4.42 Å². The van der Waals surface area contributed by atoms with Crippen molar-refractivity contribution in [3.05, 3.63) is 145 Å². The van der Waals surface area contributed by atoms with Gasteiger partial charge in [0.2, 0.25) is 0 Å². The minimum atomic E-state index is -0.226. The van der Waals surface area contributed by atoms with Crippen molar-refractivity contribution in [2.24, 2.45) is 0 Å². The summed E-state index contributed by atoms with van der Waals surface area (Å²) in [5.74, 6) is 0.260. The lowest BCUT2D eigenvalue weighted by molar-refractivity contribution is 0.103. The van der Waals surface area contributed by atoms with Crippen LogP contribution in [0.1, 0.15) is 73.6 Å². The van der Waals surface area contributed by atoms with E-state index < -0.39 is 0 Å². The summed E-state index contributed by atoms with van der Waals surface area (Å²) in [7, 11) is 0. The molecule has 0 unspecified atom stereocenters. The molecule has 3 N–H and O–H groups in total. The molecule has 0 spiro atoms. The third-order valence-corrected chi connectivity index (χ3v) is 8.31. The first-order chi connectivity index (χ1) is 23.5. The van der Waals surface area contributed by atoms with Crippen molar-refractivity contribution in [2.75, 3.05) is 0 Å². The van der Waals surface area contributed by atoms with E-state index in [1.807, 2.05) is 44.2 Å². The van der Waals surface area contributed by atoms with Crippen LogP contribution in [-0.2, 0) is 0 Å². The summed E-state index contributed by atoms with van der Waals surface area (Å²) in [6.45, 7) is 8.12. The standard InChI is InChI=1S/C22H18N2O3.C14H8Br2O3.C3H8/c1-13-5-6-14(2)16(10-13)22(26)15-7-8-20(25)17(11-15)18-12-19(24-23-18)21-4-3-9-27-21;15-10-2-3-12(16)11(6-10)14(19)8-1-4-13(18)9(5-8)7-17;1-3-2/h3-12,25H,1-2H3,(H,23,24);1-7,18H;3H2,1-2H3. The first kappa shape index (κ1) is 36.8. The number of carbonyl (C=O) groups excluding carboxylic acids is 3. The molecule has 250 valence electrons. The van der Waals surface area contributed by atoms with Gasteiger partial charge in [0.25, 0.3) is 0 Å². The molecule has 49 heavy (non-hydrogen) atoms. The van der Waals surface area contributed by atoms with Crippen LogP contribution >= 0.6 is 31.9 Å². The fraction of sp³-hybridized carbons (Fsp3) is 0.128. The van der Waals surface area contributed by atoms with Crippen molar-refractivity contribution in [3.8, 4) is 34.2 Å². The number of furan rings is 1. The van der Waals surface area contributed by atoms with E-state index in [2.05, 4.69) is 55.9 Å². The Morgan fingerprint density at radius 3 is 2.16 bits per heavy atom. The number of hydrogen-bond donors (Lipinski definition) is 3. The van der Waals surface area contributed by atoms with Gasteiger partial charge in [-0.1, -0.05) is 69.8 Å². The molecule has 0 aliphatic carbocycles. The molecule has 0 fully saturated rings. The summed E-state index contributed by atoms with van der Waals surface area (Å²) in [4.78, 5) is 36.1. The molecule has 0 aliphatic rings. The van der Waals surface area contributed by atoms with Gasteiger partial charge in [0.1, 0.15) is 17.2 Å². The zero-order valence-electron chi connectivity index (χ0n) is 27.3. The van der Waals surface area contributed by atoms with Crippen LogP contribution in [0.4, 0.5) is 0 Å². The van der Waals surface area contributed by atoms with Crippen LogP contribution < -0.4 is 0 Å². The van der Waals surface area contributed by atoms with E-state index >= 15 is 0 Å². The number of nitrogens with one attached hydrogen (secondary N) is 1. The number of nitrogens with zero attached hydrogens (tertiary/aromatic N) is 1. The zero-order chi connectivity index (χ0) is 35.7. The number of aromatic hydroxyl groups is 2. The summed E-state index contributed by atoms with van der Waals surface area (Å²) < 4.78 is 6.81. The average molecular weight is 787 g/mol. The number of benzene rings is 4. The number of phenols is 2. The Labute approximate surface area is 301 Å². The number of aryl methyl sites for hydroxylation is 2. The molecule has 2 aromatic heterocycles. The van der Waals surface area contributed by atoms with Gasteiger partial charge in [-0.2, -0.15) is 5.10 Å². The van der Waals surface area contributed by atoms with Crippen LogP contribution in [0.15, 0.2) is 111 Å². The van der Waals surface area contributed by atoms with Gasteiger partial charge in [-0.15, -0.1) is 0 Å². The predicted molar refractivity (Wildman–Crippen MR) is 197 cm³/mol. The number of aldehydes is 1. The Hall–Kier alpha value is -5.06. The van der Waals surface area contributed by atoms with Gasteiger partial charge in [-0.05, 0) is 98.3 Å². The Kier molecular flexibility index (Phi) is 12.6. The summed E-state index contributed by atoms with van der Waals surface area (Å²) >= 11 is 6.63. The molecule has 0 bridgehead atoms. The molecule has 2 heterocycles. The van der Waals surface area contributed by atoms with E-state index in [1.165, 1.54) is 30.7 Å². The smallest absolute Gasteiger partial charge is 0.194 e. The van der Waals surface area contributed by atoms with Crippen LogP contribution in [0.3, 0.4) is 0 Å². The molecule has 0 radical (unpaired) electrons. The minimum Gasteiger partial charge on any atom is -0.507 e. The molecule has 0 saturated carbocycles. The van der Waals surface area contributed by atoms with Gasteiger partial charge < -0.3 is 14.6 Å². The second-order valence-electron chi connectivity index (χ2n) is 11.1. The molecule has 6 rings (SSSR count). The van der Waals surface area contributed by atoms with E-state index in [1.54, 1.807) is 42.7 Å². The largest absolute Gasteiger partial charge is 0.507 e. The molecule has 10 heteroatoms. The highest BCUT2D eigenvalue weighted by molar-refractivity contribution is 9.11. The number of phenolic OH excluding ortho intramolecular Hbond substituents is 2. The first-order valence-corrected chi connectivity index (χ1v) is 16.9. The second-order valence-corrected chi connectivity index (χ2v) is 12.8. The van der Waals surface area contributed by atoms with Crippen molar-refractivity contribution >= 4 is 49.7 Å². The van der Waals surface area contributed by atoms with Gasteiger partial charge in [0.15, 0.2) is 23.6 Å². The fourth-order valence-corrected chi connectivity index (χ4v) is 5.44. The number of halogens is 2. The number of rotatable bonds is 7. The van der Waals surface area contributed by atoms with E-state index in [-0.39, 0.29) is 28.6 Å². The maximum absolute atomic E-state index is 13.0. The van der Waals surface area contributed by atoms with Crippen molar-refractivity contribution < 1.29 is 29.0 Å². The number of hydrogen-bond acceptors (Lipinski definition) is 7. The SMILES string of the molecule is CCC.Cc1ccc(C)c(C(=O)c2ccc(O)c(-c3cc(-c4ccco4)[nH]n3)c2)c1.O=Cc1cc(C(=O)c2cc(Br)ccc2Br)ccc1O. The first-order valence-electron chi connectivity index (χ1n) is 15.3. The van der Waals surface area contributed by atoms with Crippen LogP contribution in [0.2, 0.25) is 0 Å². The molecule has 0 amide bonds. The maximum atomic E-state index is 13.0. The lowest BCUT2D eigenvalue weighted by atomic mass is 9.95. The second kappa shape index (κ2) is 16.9. The summed E-state index contributed by atoms with van der Waals surface area (Å²) in [5, 5.41) is 26.9. The Morgan fingerprint density at radius 2 is 1.49 bits per heavy atom. The van der Waals surface area contributed by atoms with Gasteiger partial charge in [-0.25, -0.2) is 0 Å². The molecule has 8 nitrogen and oxygen atoms in total. The Morgan fingerprint density at radius 1 is 0.816 bits per heavy atom. The van der Waals surface area contributed by atoms with Crippen LogP contribution in [0, 0.1) is 13.8 Å². The van der Waals surface area contributed by atoms with Gasteiger partial charge in [0, 0.05) is 36.8 Å². The van der Waals surface area contributed by atoms with E-state index in [0.29, 0.717) is 55.7 Å². The number of ketones is 2. The molecule has 4 aromatic carbocycles. The number of H-pyrrole nitrogens is 1. The topological polar surface area (TPSA) is 133 Å². The van der Waals surface area contributed by atoms with Crippen LogP contribution in [0.25, 0.3) is 22.7 Å². The highest BCUT2D eigenvalue weighted by Crippen LogP contribution is 2.32. The molecule has 0 aliphatic heterocycles. The molecule has 0 saturated heterocycles. The van der Waals surface area contributed by atoms with E-state index in [9.17, 15) is 24.6 Å². The highest BCUT2D eigenvalue weighted by Gasteiger charge is 2.18. The summed E-state index contributed by atoms with van der Waals surface area (Å²) in [6, 6.07) is 25.5. The van der Waals surface area contributed by atoms with Gasteiger partial charge >= 0.3 is 0 Å². The predicted octanol–water partition coefficient (Wildman–Crippen LogP) is 10.3. The number of aromatic amines is 1. The lowest BCUT2D eigenvalue weighted by Gasteiger charge is -2.08. The summed E-state index contributed by atoms with van der Waals surface area (Å²) in [5.41, 5.74) is 5.74. The Bertz CT molecular complexity index is 2100. The quantitative estimate of drug-likeness (QED) is 0.108. The van der Waals surface area contributed by atoms with Crippen molar-refractivity contribution in [1.29, 1.82) is 0 Å². The maximum Gasteiger partial charge on any atom is 0.194 e. The minimum absolute atomic E-state index is 0.0602. The highest BCUT2D eigenvalue weighted by atomic mass is 79.9. The monoisotopic (exact) mass is 784 g/mol. The number of aromatic nitrogens is 2. The van der Waals surface area contributed by atoms with Crippen molar-refractivity contribution in [2.45, 2.75) is 34.1 Å². The lowest BCUT2D eigenvalue weighted by Crippen LogP contribution is -2.04. The third-order valence-electron chi connectivity index (χ3n) is 7.13. The molecule has 0 atom stereocenters. The van der Waals surface area contributed by atoms with E-state index in [0.717, 1.165) is 15.6 Å². The van der Waals surface area contributed by atoms with Crippen molar-refractivity contribution in [1.82, 2.24) is 10.2 Å².